The topological polar surface area (TPSA) is 74.3 Å². The largest absolute Gasteiger partial charge is 0.464 e. The molecule has 0 fully saturated rings. The van der Waals surface area contributed by atoms with Crippen molar-refractivity contribution in [1.82, 2.24) is 9.78 Å². The Morgan fingerprint density at radius 3 is 2.96 bits per heavy atom. The van der Waals surface area contributed by atoms with E-state index in [0.29, 0.717) is 17.9 Å². The molecule has 6 heteroatoms. The Morgan fingerprint density at radius 1 is 1.33 bits per heavy atom. The zero-order valence-corrected chi connectivity index (χ0v) is 13.1. The van der Waals surface area contributed by atoms with Crippen LogP contribution in [0.25, 0.3) is 17.0 Å². The fraction of sp³-hybridized carbons (Fsp3) is 0.167. The van der Waals surface area contributed by atoms with Gasteiger partial charge in [-0.25, -0.2) is 0 Å². The van der Waals surface area contributed by atoms with Gasteiger partial charge in [0.2, 0.25) is 5.78 Å². The lowest BCUT2D eigenvalue weighted by Gasteiger charge is -2.01. The number of hydrogen-bond acceptors (Lipinski definition) is 5. The monoisotopic (exact) mass is 324 g/mol. The second-order valence-electron chi connectivity index (χ2n) is 5.22. The van der Waals surface area contributed by atoms with Gasteiger partial charge in [-0.1, -0.05) is 18.2 Å². The number of ketones is 1. The predicted molar refractivity (Wildman–Crippen MR) is 88.4 cm³/mol. The van der Waals surface area contributed by atoms with E-state index in [9.17, 15) is 9.59 Å². The smallest absolute Gasteiger partial charge is 0.302 e. The maximum absolute atomic E-state index is 12.2. The Bertz CT molecular complexity index is 872. The van der Waals surface area contributed by atoms with Crippen molar-refractivity contribution in [2.75, 3.05) is 6.61 Å². The summed E-state index contributed by atoms with van der Waals surface area (Å²) in [5.74, 6) is -0.229. The third-order valence-electron chi connectivity index (χ3n) is 3.37. The van der Waals surface area contributed by atoms with Gasteiger partial charge in [0.15, 0.2) is 5.76 Å². The molecule has 0 aliphatic carbocycles. The van der Waals surface area contributed by atoms with E-state index in [4.69, 9.17) is 9.15 Å². The molecule has 3 aromatic rings. The molecule has 0 saturated carbocycles. The summed E-state index contributed by atoms with van der Waals surface area (Å²) in [6.45, 7) is 2.09. The normalized spacial score (nSPS) is 11.2. The van der Waals surface area contributed by atoms with Crippen LogP contribution in [0.2, 0.25) is 0 Å². The van der Waals surface area contributed by atoms with Crippen molar-refractivity contribution in [1.29, 1.82) is 0 Å². The lowest BCUT2D eigenvalue weighted by molar-refractivity contribution is -0.141. The molecule has 24 heavy (non-hydrogen) atoms. The molecule has 1 aromatic carbocycles. The van der Waals surface area contributed by atoms with Crippen LogP contribution in [0.5, 0.6) is 0 Å². The number of esters is 1. The van der Waals surface area contributed by atoms with Crippen LogP contribution in [0.15, 0.2) is 53.2 Å². The van der Waals surface area contributed by atoms with Crippen molar-refractivity contribution in [3.05, 3.63) is 60.1 Å². The minimum absolute atomic E-state index is 0.209. The highest BCUT2D eigenvalue weighted by atomic mass is 16.5. The van der Waals surface area contributed by atoms with E-state index in [0.717, 1.165) is 10.9 Å². The number of para-hydroxylation sites is 1. The third kappa shape index (κ3) is 3.78. The number of carbonyl (C=O) groups excluding carboxylic acids is 2. The first kappa shape index (κ1) is 15.7. The molecule has 2 heterocycles. The standard InChI is InChI=1S/C18H16N2O4/c1-13(21)23-9-8-20-12-14(11-19-20)6-7-16(22)18-10-15-4-2-3-5-17(15)24-18/h2-7,10-12H,8-9H2,1H3. The van der Waals surface area contributed by atoms with Crippen molar-refractivity contribution in [3.63, 3.8) is 0 Å². The van der Waals surface area contributed by atoms with Crippen LogP contribution in [0.4, 0.5) is 0 Å². The fourth-order valence-corrected chi connectivity index (χ4v) is 2.23. The number of furan rings is 1. The number of ether oxygens (including phenoxy) is 1. The predicted octanol–water partition coefficient (Wildman–Crippen LogP) is 3.09. The molecule has 6 nitrogen and oxygen atoms in total. The van der Waals surface area contributed by atoms with Gasteiger partial charge in [-0.2, -0.15) is 5.10 Å². The number of hydrogen-bond donors (Lipinski definition) is 0. The van der Waals surface area contributed by atoms with Gasteiger partial charge in [-0.05, 0) is 24.3 Å². The first-order valence-electron chi connectivity index (χ1n) is 7.48. The summed E-state index contributed by atoms with van der Waals surface area (Å²) in [7, 11) is 0. The molecule has 0 amide bonds. The molecule has 0 saturated heterocycles. The van der Waals surface area contributed by atoms with E-state index in [1.807, 2.05) is 24.3 Å². The minimum atomic E-state index is -0.321. The number of carbonyl (C=O) groups is 2. The first-order chi connectivity index (χ1) is 11.6. The third-order valence-corrected chi connectivity index (χ3v) is 3.37. The highest BCUT2D eigenvalue weighted by Crippen LogP contribution is 2.19. The maximum Gasteiger partial charge on any atom is 0.302 e. The number of rotatable bonds is 6. The summed E-state index contributed by atoms with van der Waals surface area (Å²) in [6.07, 6.45) is 6.53. The molecule has 0 atom stereocenters. The Balaban J connectivity index is 1.63. The number of allylic oxidation sites excluding steroid dienone is 1. The van der Waals surface area contributed by atoms with Crippen LogP contribution in [0, 0.1) is 0 Å². The van der Waals surface area contributed by atoms with Gasteiger partial charge in [0.05, 0.1) is 12.7 Å². The molecule has 0 bridgehead atoms. The highest BCUT2D eigenvalue weighted by molar-refractivity contribution is 6.06. The number of nitrogens with zero attached hydrogens (tertiary/aromatic N) is 2. The van der Waals surface area contributed by atoms with E-state index in [-0.39, 0.29) is 18.4 Å². The Morgan fingerprint density at radius 2 is 2.17 bits per heavy atom. The molecule has 2 aromatic heterocycles. The van der Waals surface area contributed by atoms with Gasteiger partial charge >= 0.3 is 5.97 Å². The van der Waals surface area contributed by atoms with Crippen molar-refractivity contribution in [3.8, 4) is 0 Å². The van der Waals surface area contributed by atoms with Crippen molar-refractivity contribution < 1.29 is 18.7 Å². The number of benzene rings is 1. The molecule has 0 spiro atoms. The SMILES string of the molecule is CC(=O)OCCn1cc(C=CC(=O)c2cc3ccccc3o2)cn1. The average Bonchev–Trinajstić information content (AvgIpc) is 3.18. The molecule has 122 valence electrons. The number of aromatic nitrogens is 2. The van der Waals surface area contributed by atoms with Crippen molar-refractivity contribution in [2.45, 2.75) is 13.5 Å². The van der Waals surface area contributed by atoms with Gasteiger partial charge in [-0.15, -0.1) is 0 Å². The van der Waals surface area contributed by atoms with Crippen LogP contribution in [0.1, 0.15) is 23.0 Å². The maximum atomic E-state index is 12.2. The average molecular weight is 324 g/mol. The Labute approximate surface area is 138 Å². The second kappa shape index (κ2) is 6.95. The van der Waals surface area contributed by atoms with Crippen LogP contribution in [-0.4, -0.2) is 28.1 Å². The summed E-state index contributed by atoms with van der Waals surface area (Å²) in [5, 5.41) is 5.03. The van der Waals surface area contributed by atoms with Gasteiger partial charge in [-0.3, -0.25) is 14.3 Å². The van der Waals surface area contributed by atoms with Crippen LogP contribution in [0.3, 0.4) is 0 Å². The summed E-state index contributed by atoms with van der Waals surface area (Å²) >= 11 is 0. The molecule has 0 N–H and O–H groups in total. The number of fused-ring (bicyclic) bond motifs is 1. The summed E-state index contributed by atoms with van der Waals surface area (Å²) in [4.78, 5) is 22.9. The first-order valence-corrected chi connectivity index (χ1v) is 7.48. The van der Waals surface area contributed by atoms with E-state index in [1.54, 1.807) is 29.2 Å². The molecule has 0 unspecified atom stereocenters. The van der Waals surface area contributed by atoms with Crippen LogP contribution < -0.4 is 0 Å². The quantitative estimate of drug-likeness (QED) is 0.396. The Kier molecular flexibility index (Phi) is 4.56. The lowest BCUT2D eigenvalue weighted by atomic mass is 10.2. The zero-order chi connectivity index (χ0) is 16.9. The molecule has 0 aliphatic heterocycles. The molecule has 0 radical (unpaired) electrons. The van der Waals surface area contributed by atoms with Gasteiger partial charge < -0.3 is 9.15 Å². The minimum Gasteiger partial charge on any atom is -0.464 e. The van der Waals surface area contributed by atoms with Crippen molar-refractivity contribution >= 4 is 28.8 Å². The van der Waals surface area contributed by atoms with Crippen LogP contribution in [-0.2, 0) is 16.1 Å². The summed E-state index contributed by atoms with van der Waals surface area (Å²) in [5.41, 5.74) is 1.47. The van der Waals surface area contributed by atoms with E-state index < -0.39 is 0 Å². The van der Waals surface area contributed by atoms with Gasteiger partial charge in [0.1, 0.15) is 12.2 Å². The fourth-order valence-electron chi connectivity index (χ4n) is 2.23. The van der Waals surface area contributed by atoms with E-state index in [2.05, 4.69) is 5.10 Å². The van der Waals surface area contributed by atoms with E-state index in [1.165, 1.54) is 13.0 Å². The Hall–Kier alpha value is -3.15. The summed E-state index contributed by atoms with van der Waals surface area (Å²) < 4.78 is 12.0. The highest BCUT2D eigenvalue weighted by Gasteiger charge is 2.09. The zero-order valence-electron chi connectivity index (χ0n) is 13.1. The van der Waals surface area contributed by atoms with Gasteiger partial charge in [0.25, 0.3) is 0 Å². The molecular weight excluding hydrogens is 308 g/mol. The van der Waals surface area contributed by atoms with Crippen molar-refractivity contribution in [2.24, 2.45) is 0 Å². The van der Waals surface area contributed by atoms with E-state index >= 15 is 0 Å². The van der Waals surface area contributed by atoms with Crippen LogP contribution >= 0.6 is 0 Å². The molecule has 3 rings (SSSR count). The molecule has 0 aliphatic rings. The molecular formula is C18H16N2O4. The van der Waals surface area contributed by atoms with Gasteiger partial charge in [0, 0.05) is 24.1 Å². The summed E-state index contributed by atoms with van der Waals surface area (Å²) in [6, 6.07) is 9.20. The lowest BCUT2D eigenvalue weighted by Crippen LogP contribution is -2.08. The second-order valence-corrected chi connectivity index (χ2v) is 5.22.